The van der Waals surface area contributed by atoms with Crippen molar-refractivity contribution in [1.29, 1.82) is 0 Å². The van der Waals surface area contributed by atoms with Crippen molar-refractivity contribution in [3.8, 4) is 0 Å². The van der Waals surface area contributed by atoms with Crippen LogP contribution in [0.25, 0.3) is 0 Å². The van der Waals surface area contributed by atoms with Gasteiger partial charge in [0.2, 0.25) is 0 Å². The lowest BCUT2D eigenvalue weighted by molar-refractivity contribution is -0.144. The van der Waals surface area contributed by atoms with E-state index in [4.69, 9.17) is 9.16 Å². The highest BCUT2D eigenvalue weighted by molar-refractivity contribution is 6.74. The summed E-state index contributed by atoms with van der Waals surface area (Å²) in [5.74, 6) is -1.54. The third-order valence-electron chi connectivity index (χ3n) is 5.49. The van der Waals surface area contributed by atoms with Gasteiger partial charge < -0.3 is 19.2 Å². The Hall–Kier alpha value is -1.86. The number of carboxylic acids is 1. The smallest absolute Gasteiger partial charge is 0.410 e. The summed E-state index contributed by atoms with van der Waals surface area (Å²) in [5.41, 5.74) is 0.895. The number of carbonyl (C=O) groups excluding carboxylic acids is 1. The first-order valence-corrected chi connectivity index (χ1v) is 12.3. The topological polar surface area (TPSA) is 76.1 Å². The summed E-state index contributed by atoms with van der Waals surface area (Å²) in [6.07, 6.45) is -0.358. The molecule has 6 nitrogen and oxygen atoms in total. The quantitative estimate of drug-likeness (QED) is 0.762. The molecule has 0 unspecified atom stereocenters. The molecular weight excluding hydrogens is 362 g/mol. The van der Waals surface area contributed by atoms with Crippen LogP contribution in [0.1, 0.15) is 32.8 Å². The number of carboxylic acid groups (broad SMARTS) is 1. The number of hydrogen-bond donors (Lipinski definition) is 1. The second-order valence-electron chi connectivity index (χ2n) is 8.72. The molecule has 1 aliphatic heterocycles. The number of hydrogen-bond acceptors (Lipinski definition) is 4. The third kappa shape index (κ3) is 5.81. The number of carbonyl (C=O) groups is 2. The van der Waals surface area contributed by atoms with E-state index in [2.05, 4.69) is 33.9 Å². The van der Waals surface area contributed by atoms with Crippen molar-refractivity contribution < 1.29 is 23.9 Å². The SMILES string of the molecule is CC(C)(C)[Si](C)(C)O[C@H]1C[C@@H](C(=O)O)CN(C(=O)OCc2ccccc2)C1. The predicted octanol–water partition coefficient (Wildman–Crippen LogP) is 4.12. The summed E-state index contributed by atoms with van der Waals surface area (Å²) >= 11 is 0. The highest BCUT2D eigenvalue weighted by atomic mass is 28.4. The molecule has 0 radical (unpaired) electrons. The van der Waals surface area contributed by atoms with E-state index in [1.54, 1.807) is 0 Å². The van der Waals surface area contributed by atoms with Crippen molar-refractivity contribution in [3.05, 3.63) is 35.9 Å². The molecule has 1 fully saturated rings. The van der Waals surface area contributed by atoms with E-state index in [-0.39, 0.29) is 24.3 Å². The molecule has 2 atom stereocenters. The van der Waals surface area contributed by atoms with Gasteiger partial charge in [0.05, 0.1) is 12.0 Å². The molecule has 2 rings (SSSR count). The predicted molar refractivity (Wildman–Crippen MR) is 106 cm³/mol. The molecule has 0 spiro atoms. The Labute approximate surface area is 162 Å². The van der Waals surface area contributed by atoms with Gasteiger partial charge in [-0.3, -0.25) is 4.79 Å². The Morgan fingerprint density at radius 2 is 1.81 bits per heavy atom. The Bertz CT molecular complexity index is 656. The molecule has 1 amide bonds. The molecule has 1 aromatic carbocycles. The van der Waals surface area contributed by atoms with Gasteiger partial charge in [-0.05, 0) is 30.1 Å². The zero-order chi connectivity index (χ0) is 20.2. The normalized spacial score (nSPS) is 21.0. The molecule has 1 aliphatic rings. The maximum Gasteiger partial charge on any atom is 0.410 e. The maximum atomic E-state index is 12.5. The van der Waals surface area contributed by atoms with E-state index in [0.29, 0.717) is 13.0 Å². The number of benzene rings is 1. The summed E-state index contributed by atoms with van der Waals surface area (Å²) < 4.78 is 11.8. The standard InChI is InChI=1S/C20H31NO5Si/c1-20(2,3)27(4,5)26-17-11-16(18(22)23)12-21(13-17)19(24)25-14-15-9-7-6-8-10-15/h6-10,16-17H,11-14H2,1-5H3,(H,22,23)/t16-,17+/m1/s1. The van der Waals surface area contributed by atoms with Crippen LogP contribution in [0.3, 0.4) is 0 Å². The van der Waals surface area contributed by atoms with Gasteiger partial charge in [-0.15, -0.1) is 0 Å². The number of nitrogens with zero attached hydrogens (tertiary/aromatic N) is 1. The van der Waals surface area contributed by atoms with E-state index < -0.39 is 26.3 Å². The van der Waals surface area contributed by atoms with Crippen molar-refractivity contribution >= 4 is 20.4 Å². The van der Waals surface area contributed by atoms with Gasteiger partial charge in [-0.2, -0.15) is 0 Å². The Kier molecular flexibility index (Phi) is 6.70. The zero-order valence-corrected chi connectivity index (χ0v) is 17.9. The summed E-state index contributed by atoms with van der Waals surface area (Å²) in [4.78, 5) is 25.6. The van der Waals surface area contributed by atoms with E-state index in [1.165, 1.54) is 4.90 Å². The molecule has 27 heavy (non-hydrogen) atoms. The molecular formula is C20H31NO5Si. The lowest BCUT2D eigenvalue weighted by atomic mass is 9.96. The molecule has 7 heteroatoms. The fourth-order valence-corrected chi connectivity index (χ4v) is 4.23. The summed E-state index contributed by atoms with van der Waals surface area (Å²) in [6, 6.07) is 9.43. The summed E-state index contributed by atoms with van der Waals surface area (Å²) in [6.45, 7) is 11.4. The fourth-order valence-electron chi connectivity index (χ4n) is 2.87. The fraction of sp³-hybridized carbons (Fsp3) is 0.600. The molecule has 0 aliphatic carbocycles. The Morgan fingerprint density at radius 3 is 2.37 bits per heavy atom. The van der Waals surface area contributed by atoms with Crippen LogP contribution in [0, 0.1) is 5.92 Å². The average Bonchev–Trinajstić information content (AvgIpc) is 2.58. The van der Waals surface area contributed by atoms with Crippen LogP contribution in [0.4, 0.5) is 4.79 Å². The van der Waals surface area contributed by atoms with Gasteiger partial charge >= 0.3 is 12.1 Å². The number of rotatable bonds is 5. The minimum absolute atomic E-state index is 0.0157. The molecule has 1 N–H and O–H groups in total. The first kappa shape index (κ1) is 21.4. The molecule has 1 saturated heterocycles. The molecule has 1 heterocycles. The molecule has 1 aromatic rings. The number of amides is 1. The van der Waals surface area contributed by atoms with Crippen molar-refractivity contribution in [2.24, 2.45) is 5.92 Å². The Balaban J connectivity index is 2.04. The highest BCUT2D eigenvalue weighted by Gasteiger charge is 2.42. The second kappa shape index (κ2) is 8.44. The molecule has 0 saturated carbocycles. The molecule has 0 bridgehead atoms. The van der Waals surface area contributed by atoms with E-state index in [1.807, 2.05) is 30.3 Å². The molecule has 0 aromatic heterocycles. The average molecular weight is 394 g/mol. The van der Waals surface area contributed by atoms with Crippen molar-refractivity contribution in [2.45, 2.75) is 58.0 Å². The number of ether oxygens (including phenoxy) is 1. The Morgan fingerprint density at radius 1 is 1.19 bits per heavy atom. The van der Waals surface area contributed by atoms with Crippen LogP contribution in [0.2, 0.25) is 18.1 Å². The van der Waals surface area contributed by atoms with Crippen LogP contribution in [0.15, 0.2) is 30.3 Å². The number of aliphatic carboxylic acids is 1. The van der Waals surface area contributed by atoms with E-state index in [9.17, 15) is 14.7 Å². The minimum atomic E-state index is -2.06. The van der Waals surface area contributed by atoms with Crippen molar-refractivity contribution in [1.82, 2.24) is 4.90 Å². The monoisotopic (exact) mass is 393 g/mol. The van der Waals surface area contributed by atoms with Gasteiger partial charge in [0.25, 0.3) is 0 Å². The largest absolute Gasteiger partial charge is 0.481 e. The number of piperidine rings is 1. The first-order chi connectivity index (χ1) is 12.5. The van der Waals surface area contributed by atoms with Gasteiger partial charge in [0.1, 0.15) is 6.61 Å². The van der Waals surface area contributed by atoms with Crippen LogP contribution in [0.5, 0.6) is 0 Å². The lowest BCUT2D eigenvalue weighted by Crippen LogP contribution is -2.53. The van der Waals surface area contributed by atoms with Crippen LogP contribution >= 0.6 is 0 Å². The van der Waals surface area contributed by atoms with Crippen molar-refractivity contribution in [2.75, 3.05) is 13.1 Å². The zero-order valence-electron chi connectivity index (χ0n) is 16.9. The first-order valence-electron chi connectivity index (χ1n) is 9.36. The van der Waals surface area contributed by atoms with E-state index >= 15 is 0 Å². The lowest BCUT2D eigenvalue weighted by Gasteiger charge is -2.43. The summed E-state index contributed by atoms with van der Waals surface area (Å²) in [5, 5.41) is 9.51. The van der Waals surface area contributed by atoms with Gasteiger partial charge in [-0.25, -0.2) is 4.79 Å². The minimum Gasteiger partial charge on any atom is -0.481 e. The maximum absolute atomic E-state index is 12.5. The van der Waals surface area contributed by atoms with Crippen LogP contribution in [-0.4, -0.2) is 49.6 Å². The van der Waals surface area contributed by atoms with Crippen LogP contribution < -0.4 is 0 Å². The van der Waals surface area contributed by atoms with Crippen molar-refractivity contribution in [3.63, 3.8) is 0 Å². The second-order valence-corrected chi connectivity index (χ2v) is 13.5. The van der Waals surface area contributed by atoms with Gasteiger partial charge in [-0.1, -0.05) is 51.1 Å². The molecule has 150 valence electrons. The van der Waals surface area contributed by atoms with E-state index in [0.717, 1.165) is 5.56 Å². The van der Waals surface area contributed by atoms with Gasteiger partial charge in [0, 0.05) is 13.1 Å². The van der Waals surface area contributed by atoms with Crippen LogP contribution in [-0.2, 0) is 20.6 Å². The third-order valence-corrected chi connectivity index (χ3v) is 10.0. The van der Waals surface area contributed by atoms with Gasteiger partial charge in [0.15, 0.2) is 8.32 Å². The highest BCUT2D eigenvalue weighted by Crippen LogP contribution is 2.38. The number of likely N-dealkylation sites (tertiary alicyclic amines) is 1. The summed E-state index contributed by atoms with van der Waals surface area (Å²) in [7, 11) is -2.06.